The van der Waals surface area contributed by atoms with E-state index in [0.29, 0.717) is 39.6 Å². The predicted molar refractivity (Wildman–Crippen MR) is 123 cm³/mol. The molecule has 0 aromatic rings. The molecule has 168 valence electrons. The molecule has 0 N–H and O–H groups in total. The van der Waals surface area contributed by atoms with Gasteiger partial charge in [0, 0.05) is 60.5 Å². The van der Waals surface area contributed by atoms with E-state index >= 15 is 0 Å². The van der Waals surface area contributed by atoms with E-state index in [9.17, 15) is 0 Å². The Hall–Kier alpha value is 0.151. The van der Waals surface area contributed by atoms with Crippen LogP contribution in [0.15, 0.2) is 12.7 Å². The summed E-state index contributed by atoms with van der Waals surface area (Å²) in [5.74, 6) is 0. The largest absolute Gasteiger partial charge is 0.500 e. The van der Waals surface area contributed by atoms with E-state index in [1.165, 1.54) is 0 Å². The minimum absolute atomic E-state index is 0.620. The summed E-state index contributed by atoms with van der Waals surface area (Å²) in [5, 5.41) is 0. The molecule has 28 heavy (non-hydrogen) atoms. The van der Waals surface area contributed by atoms with Crippen molar-refractivity contribution in [1.82, 2.24) is 0 Å². The van der Waals surface area contributed by atoms with Crippen LogP contribution >= 0.6 is 0 Å². The molecule has 0 aliphatic carbocycles. The van der Waals surface area contributed by atoms with Gasteiger partial charge in [-0.3, -0.25) is 0 Å². The van der Waals surface area contributed by atoms with Gasteiger partial charge in [0.1, 0.15) is 0 Å². The molecule has 0 fully saturated rings. The lowest BCUT2D eigenvalue weighted by atomic mass is 10.8. The van der Waals surface area contributed by atoms with Crippen LogP contribution in [0.2, 0.25) is 30.2 Å². The molecule has 0 atom stereocenters. The van der Waals surface area contributed by atoms with Gasteiger partial charge in [0.05, 0.1) is 0 Å². The minimum atomic E-state index is -2.59. The van der Waals surface area contributed by atoms with Crippen molar-refractivity contribution in [2.75, 3.05) is 39.6 Å². The minimum Gasteiger partial charge on any atom is -0.374 e. The maximum atomic E-state index is 6.03. The van der Waals surface area contributed by atoms with Crippen LogP contribution in [-0.2, 0) is 26.6 Å². The van der Waals surface area contributed by atoms with Gasteiger partial charge in [0.15, 0.2) is 0 Å². The molecule has 0 radical (unpaired) electrons. The first-order valence-electron chi connectivity index (χ1n) is 10.9. The Morgan fingerprint density at radius 1 is 0.607 bits per heavy atom. The molecule has 0 unspecified atom stereocenters. The third-order valence-corrected chi connectivity index (χ3v) is 14.9. The lowest BCUT2D eigenvalue weighted by molar-refractivity contribution is 0.0722. The van der Waals surface area contributed by atoms with Gasteiger partial charge in [-0.1, -0.05) is 18.2 Å². The molecule has 0 saturated heterocycles. The highest BCUT2D eigenvalue weighted by atomic mass is 28.4. The van der Waals surface area contributed by atoms with Gasteiger partial charge in [0.25, 0.3) is 0 Å². The fourth-order valence-electron chi connectivity index (χ4n) is 3.38. The summed E-state index contributed by atoms with van der Waals surface area (Å²) in [7, 11) is -6.29. The summed E-state index contributed by atoms with van der Waals surface area (Å²) in [4.78, 5) is 0. The second kappa shape index (κ2) is 16.9. The maximum Gasteiger partial charge on any atom is 0.500 e. The Balaban J connectivity index is 5.09. The molecule has 6 nitrogen and oxygen atoms in total. The van der Waals surface area contributed by atoms with Crippen molar-refractivity contribution in [3.8, 4) is 0 Å². The maximum absolute atomic E-state index is 6.03. The first-order valence-corrected chi connectivity index (χ1v) is 17.3. The smallest absolute Gasteiger partial charge is 0.374 e. The van der Waals surface area contributed by atoms with Crippen molar-refractivity contribution < 1.29 is 26.6 Å². The molecular weight excluding hydrogens is 408 g/mol. The Morgan fingerprint density at radius 2 is 0.893 bits per heavy atom. The van der Waals surface area contributed by atoms with Gasteiger partial charge < -0.3 is 26.6 Å². The van der Waals surface area contributed by atoms with Crippen molar-refractivity contribution in [2.24, 2.45) is 0 Å². The average molecular weight is 453 g/mol. The van der Waals surface area contributed by atoms with Crippen LogP contribution in [-0.4, -0.2) is 66.0 Å². The highest BCUT2D eigenvalue weighted by Gasteiger charge is 2.43. The molecule has 9 heteroatoms. The van der Waals surface area contributed by atoms with Crippen molar-refractivity contribution >= 4 is 26.4 Å². The van der Waals surface area contributed by atoms with Gasteiger partial charge in [0.2, 0.25) is 0 Å². The van der Waals surface area contributed by atoms with E-state index in [-0.39, 0.29) is 0 Å². The van der Waals surface area contributed by atoms with Crippen LogP contribution in [0.25, 0.3) is 0 Å². The number of rotatable bonds is 20. The Bertz CT molecular complexity index is 323. The highest BCUT2D eigenvalue weighted by molar-refractivity contribution is 6.68. The molecule has 0 aliphatic rings. The number of allylic oxidation sites excluding steroid dienone is 1. The van der Waals surface area contributed by atoms with Crippen LogP contribution in [0.3, 0.4) is 0 Å². The highest BCUT2D eigenvalue weighted by Crippen LogP contribution is 2.26. The molecule has 0 rings (SSSR count). The lowest BCUT2D eigenvalue weighted by Gasteiger charge is -2.31. The van der Waals surface area contributed by atoms with Gasteiger partial charge in [-0.25, -0.2) is 0 Å². The van der Waals surface area contributed by atoms with Gasteiger partial charge in [-0.05, 0) is 47.6 Å². The van der Waals surface area contributed by atoms with Crippen molar-refractivity contribution in [1.29, 1.82) is 0 Å². The summed E-state index contributed by atoms with van der Waals surface area (Å²) in [6.45, 7) is 19.7. The van der Waals surface area contributed by atoms with Crippen LogP contribution in [0.4, 0.5) is 0 Å². The summed E-state index contributed by atoms with van der Waals surface area (Å²) < 4.78 is 36.2. The van der Waals surface area contributed by atoms with Crippen molar-refractivity contribution in [3.63, 3.8) is 0 Å². The molecule has 0 bridgehead atoms. The standard InChI is InChI=1S/C19H44O6Si3/c1-8-15-26(16-18-27(20-9-2,21-10-3)22-11-4)17-19-28(23-12-5,24-13-6)25-14-7/h8,26H,1,9-19H2,2-7H3. The molecule has 0 aliphatic heterocycles. The average Bonchev–Trinajstić information content (AvgIpc) is 2.65. The second-order valence-electron chi connectivity index (χ2n) is 6.43. The monoisotopic (exact) mass is 452 g/mol. The molecule has 0 heterocycles. The summed E-state index contributed by atoms with van der Waals surface area (Å²) in [5.41, 5.74) is 0. The molecule has 0 aromatic carbocycles. The molecular formula is C19H44O6Si3. The zero-order chi connectivity index (χ0) is 21.3. The molecule has 0 amide bonds. The van der Waals surface area contributed by atoms with Crippen LogP contribution in [0.1, 0.15) is 41.5 Å². The Morgan fingerprint density at radius 3 is 1.11 bits per heavy atom. The van der Waals surface area contributed by atoms with Crippen molar-refractivity contribution in [2.45, 2.75) is 71.8 Å². The fourth-order valence-corrected chi connectivity index (χ4v) is 14.7. The molecule has 0 aromatic heterocycles. The number of hydrogen-bond donors (Lipinski definition) is 0. The Kier molecular flexibility index (Phi) is 17.0. The lowest BCUT2D eigenvalue weighted by Crippen LogP contribution is -2.47. The molecule has 0 saturated carbocycles. The second-order valence-corrected chi connectivity index (χ2v) is 15.3. The van der Waals surface area contributed by atoms with Crippen LogP contribution in [0, 0.1) is 0 Å². The van der Waals surface area contributed by atoms with E-state index in [1.54, 1.807) is 0 Å². The zero-order valence-corrected chi connectivity index (χ0v) is 22.2. The first-order chi connectivity index (χ1) is 13.5. The third-order valence-electron chi connectivity index (χ3n) is 4.40. The Labute approximate surface area is 177 Å². The normalized spacial score (nSPS) is 12.7. The predicted octanol–water partition coefficient (Wildman–Crippen LogP) is 4.50. The zero-order valence-electron chi connectivity index (χ0n) is 19.1. The quantitative estimate of drug-likeness (QED) is 0.200. The van der Waals surface area contributed by atoms with E-state index in [4.69, 9.17) is 26.6 Å². The van der Waals surface area contributed by atoms with Crippen LogP contribution in [0.5, 0.6) is 0 Å². The first kappa shape index (κ1) is 28.2. The summed E-state index contributed by atoms with van der Waals surface area (Å²) >= 11 is 0. The third kappa shape index (κ3) is 10.8. The summed E-state index contributed by atoms with van der Waals surface area (Å²) in [6, 6.07) is 5.03. The topological polar surface area (TPSA) is 55.4 Å². The molecule has 0 spiro atoms. The SMILES string of the molecule is C=CC[SiH](CC[Si](OCC)(OCC)OCC)CC[Si](OCC)(OCC)OCC. The van der Waals surface area contributed by atoms with E-state index in [1.807, 2.05) is 47.6 Å². The van der Waals surface area contributed by atoms with E-state index in [0.717, 1.165) is 30.2 Å². The number of hydrogen-bond acceptors (Lipinski definition) is 6. The van der Waals surface area contributed by atoms with Gasteiger partial charge in [-0.2, -0.15) is 0 Å². The fraction of sp³-hybridized carbons (Fsp3) is 0.895. The summed E-state index contributed by atoms with van der Waals surface area (Å²) in [6.07, 6.45) is 2.05. The van der Waals surface area contributed by atoms with E-state index in [2.05, 4.69) is 6.58 Å². The van der Waals surface area contributed by atoms with Gasteiger partial charge in [-0.15, -0.1) is 6.58 Å². The van der Waals surface area contributed by atoms with Crippen LogP contribution < -0.4 is 0 Å². The van der Waals surface area contributed by atoms with Gasteiger partial charge >= 0.3 is 17.6 Å². The van der Waals surface area contributed by atoms with Crippen molar-refractivity contribution in [3.05, 3.63) is 12.7 Å². The van der Waals surface area contributed by atoms with E-state index < -0.39 is 26.4 Å².